The van der Waals surface area contributed by atoms with Crippen molar-refractivity contribution < 1.29 is 18.0 Å². The molecule has 7 nitrogen and oxygen atoms in total. The van der Waals surface area contributed by atoms with E-state index < -0.39 is 15.9 Å². The lowest BCUT2D eigenvalue weighted by molar-refractivity contribution is -0.119. The summed E-state index contributed by atoms with van der Waals surface area (Å²) in [5.41, 5.74) is 0.996. The summed E-state index contributed by atoms with van der Waals surface area (Å²) in [5, 5.41) is 2.63. The number of nitrogens with one attached hydrogen (secondary N) is 2. The second kappa shape index (κ2) is 7.01. The molecule has 1 aromatic carbocycles. The molecule has 2 aromatic rings. The number of aromatic nitrogens is 1. The van der Waals surface area contributed by atoms with Crippen LogP contribution in [0.2, 0.25) is 0 Å². The van der Waals surface area contributed by atoms with Gasteiger partial charge < -0.3 is 5.32 Å². The van der Waals surface area contributed by atoms with Crippen molar-refractivity contribution in [1.29, 1.82) is 0 Å². The Morgan fingerprint density at radius 1 is 1.13 bits per heavy atom. The number of rotatable bonds is 5. The van der Waals surface area contributed by atoms with Gasteiger partial charge in [0.2, 0.25) is 5.91 Å². The maximum absolute atomic E-state index is 12.0. The Morgan fingerprint density at radius 3 is 2.39 bits per heavy atom. The highest BCUT2D eigenvalue weighted by atomic mass is 32.2. The molecule has 1 aromatic heterocycles. The Morgan fingerprint density at radius 2 is 1.83 bits per heavy atom. The Labute approximate surface area is 133 Å². The van der Waals surface area contributed by atoms with Crippen molar-refractivity contribution in [3.05, 3.63) is 59.9 Å². The number of sulfonamides is 1. The number of carbonyl (C=O) groups is 2. The molecule has 0 aliphatic rings. The molecule has 8 heteroatoms. The highest BCUT2D eigenvalue weighted by Gasteiger charge is 2.18. The summed E-state index contributed by atoms with van der Waals surface area (Å²) in [6.45, 7) is 1.75. The minimum atomic E-state index is -3.96. The Hall–Kier alpha value is -2.74. The largest absolute Gasteiger partial charge is 0.352 e. The van der Waals surface area contributed by atoms with Crippen molar-refractivity contribution in [3.8, 4) is 0 Å². The van der Waals surface area contributed by atoms with Crippen LogP contribution in [0.4, 0.5) is 0 Å². The number of hydrogen-bond donors (Lipinski definition) is 2. The van der Waals surface area contributed by atoms with Gasteiger partial charge in [-0.3, -0.25) is 14.6 Å². The molecule has 2 amide bonds. The minimum absolute atomic E-state index is 0.0874. The number of carbonyl (C=O) groups excluding carboxylic acids is 2. The monoisotopic (exact) mass is 333 g/mol. The van der Waals surface area contributed by atoms with E-state index in [1.165, 1.54) is 37.4 Å². The first kappa shape index (κ1) is 16.6. The van der Waals surface area contributed by atoms with Crippen LogP contribution in [0.25, 0.3) is 0 Å². The van der Waals surface area contributed by atoms with Crippen molar-refractivity contribution in [2.45, 2.75) is 18.4 Å². The summed E-state index contributed by atoms with van der Waals surface area (Å²) in [6, 6.07) is 9.08. The fraction of sp³-hybridized carbons (Fsp3) is 0.133. The molecule has 0 atom stereocenters. The van der Waals surface area contributed by atoms with Gasteiger partial charge in [0.25, 0.3) is 15.9 Å². The molecule has 0 saturated carbocycles. The molecule has 0 spiro atoms. The zero-order valence-electron chi connectivity index (χ0n) is 12.3. The van der Waals surface area contributed by atoms with E-state index in [4.69, 9.17) is 0 Å². The Balaban J connectivity index is 2.07. The van der Waals surface area contributed by atoms with E-state index in [0.29, 0.717) is 6.54 Å². The van der Waals surface area contributed by atoms with Crippen molar-refractivity contribution >= 4 is 21.8 Å². The van der Waals surface area contributed by atoms with E-state index in [1.807, 2.05) is 4.72 Å². The fourth-order valence-electron chi connectivity index (χ4n) is 1.75. The van der Waals surface area contributed by atoms with Crippen LogP contribution in [0.15, 0.2) is 53.7 Å². The zero-order chi connectivity index (χ0) is 16.9. The summed E-state index contributed by atoms with van der Waals surface area (Å²) in [5.74, 6) is -0.894. The van der Waals surface area contributed by atoms with E-state index in [2.05, 4.69) is 10.3 Å². The summed E-state index contributed by atoms with van der Waals surface area (Å²) < 4.78 is 26.1. The second-order valence-electron chi connectivity index (χ2n) is 4.73. The summed E-state index contributed by atoms with van der Waals surface area (Å²) >= 11 is 0. The lowest BCUT2D eigenvalue weighted by Crippen LogP contribution is -2.30. The zero-order valence-corrected chi connectivity index (χ0v) is 13.1. The van der Waals surface area contributed by atoms with Gasteiger partial charge in [-0.05, 0) is 29.8 Å². The molecular formula is C15H15N3O4S. The average Bonchev–Trinajstić information content (AvgIpc) is 2.54. The molecule has 0 aliphatic carbocycles. The maximum Gasteiger partial charge on any atom is 0.265 e. The third-order valence-corrected chi connectivity index (χ3v) is 4.25. The van der Waals surface area contributed by atoms with Gasteiger partial charge in [-0.15, -0.1) is 0 Å². The van der Waals surface area contributed by atoms with Crippen molar-refractivity contribution in [2.75, 3.05) is 0 Å². The molecule has 0 unspecified atom stereocenters. The number of hydrogen-bond acceptors (Lipinski definition) is 5. The third-order valence-electron chi connectivity index (χ3n) is 2.93. The molecule has 0 fully saturated rings. The average molecular weight is 333 g/mol. The van der Waals surface area contributed by atoms with Gasteiger partial charge in [0.15, 0.2) is 0 Å². The standard InChI is InChI=1S/C15H15N3O4S/c1-11(19)17-9-12-4-6-13(7-5-12)15(20)18-23(21,22)14-3-2-8-16-10-14/h2-8,10H,9H2,1H3,(H,17,19)(H,18,20). The van der Waals surface area contributed by atoms with Gasteiger partial charge in [-0.1, -0.05) is 12.1 Å². The van der Waals surface area contributed by atoms with E-state index in [1.54, 1.807) is 12.1 Å². The first-order valence-electron chi connectivity index (χ1n) is 6.69. The van der Waals surface area contributed by atoms with Crippen LogP contribution in [0.1, 0.15) is 22.8 Å². The molecule has 0 saturated heterocycles. The number of benzene rings is 1. The molecule has 120 valence electrons. The van der Waals surface area contributed by atoms with Crippen molar-refractivity contribution in [1.82, 2.24) is 15.0 Å². The van der Waals surface area contributed by atoms with E-state index >= 15 is 0 Å². The predicted octanol–water partition coefficient (Wildman–Crippen LogP) is 0.836. The lowest BCUT2D eigenvalue weighted by Gasteiger charge is -2.07. The maximum atomic E-state index is 12.0. The number of nitrogens with zero attached hydrogens (tertiary/aromatic N) is 1. The molecule has 2 N–H and O–H groups in total. The molecule has 23 heavy (non-hydrogen) atoms. The second-order valence-corrected chi connectivity index (χ2v) is 6.41. The smallest absolute Gasteiger partial charge is 0.265 e. The first-order valence-corrected chi connectivity index (χ1v) is 8.17. The summed E-state index contributed by atoms with van der Waals surface area (Å²) in [4.78, 5) is 26.5. The molecule has 2 rings (SSSR count). The lowest BCUT2D eigenvalue weighted by atomic mass is 10.1. The Bertz CT molecular complexity index is 802. The molecule has 0 radical (unpaired) electrons. The van der Waals surface area contributed by atoms with Crippen molar-refractivity contribution in [3.63, 3.8) is 0 Å². The van der Waals surface area contributed by atoms with Gasteiger partial charge in [0.1, 0.15) is 4.90 Å². The topological polar surface area (TPSA) is 105 Å². The highest BCUT2D eigenvalue weighted by molar-refractivity contribution is 7.90. The molecule has 0 bridgehead atoms. The quantitative estimate of drug-likeness (QED) is 0.843. The van der Waals surface area contributed by atoms with Crippen LogP contribution in [0.5, 0.6) is 0 Å². The van der Waals surface area contributed by atoms with Crippen LogP contribution in [0.3, 0.4) is 0 Å². The molecular weight excluding hydrogens is 318 g/mol. The van der Waals surface area contributed by atoms with Crippen LogP contribution >= 0.6 is 0 Å². The highest BCUT2D eigenvalue weighted by Crippen LogP contribution is 2.09. The van der Waals surface area contributed by atoms with Crippen LogP contribution < -0.4 is 10.0 Å². The molecule has 0 aliphatic heterocycles. The number of pyridine rings is 1. The van der Waals surface area contributed by atoms with Gasteiger partial charge in [0, 0.05) is 31.4 Å². The van der Waals surface area contributed by atoms with Gasteiger partial charge >= 0.3 is 0 Å². The third kappa shape index (κ3) is 4.62. The normalized spacial score (nSPS) is 10.8. The minimum Gasteiger partial charge on any atom is -0.352 e. The fourth-order valence-corrected chi connectivity index (χ4v) is 2.68. The van der Waals surface area contributed by atoms with E-state index in [9.17, 15) is 18.0 Å². The van der Waals surface area contributed by atoms with Crippen LogP contribution in [-0.2, 0) is 21.4 Å². The Kier molecular flexibility index (Phi) is 5.07. The predicted molar refractivity (Wildman–Crippen MR) is 82.9 cm³/mol. The van der Waals surface area contributed by atoms with E-state index in [0.717, 1.165) is 11.8 Å². The van der Waals surface area contributed by atoms with Gasteiger partial charge in [0.05, 0.1) is 0 Å². The van der Waals surface area contributed by atoms with Crippen molar-refractivity contribution in [2.24, 2.45) is 0 Å². The summed E-state index contributed by atoms with van der Waals surface area (Å²) in [7, 11) is -3.96. The van der Waals surface area contributed by atoms with Crippen LogP contribution in [0, 0.1) is 0 Å². The van der Waals surface area contributed by atoms with Crippen LogP contribution in [-0.4, -0.2) is 25.2 Å². The van der Waals surface area contributed by atoms with E-state index in [-0.39, 0.29) is 16.4 Å². The summed E-state index contributed by atoms with van der Waals surface area (Å²) in [6.07, 6.45) is 2.60. The van der Waals surface area contributed by atoms with Gasteiger partial charge in [-0.25, -0.2) is 13.1 Å². The molecule has 1 heterocycles. The van der Waals surface area contributed by atoms with Gasteiger partial charge in [-0.2, -0.15) is 0 Å². The number of amides is 2. The first-order chi connectivity index (χ1) is 10.9. The SMILES string of the molecule is CC(=O)NCc1ccc(C(=O)NS(=O)(=O)c2cccnc2)cc1.